The Morgan fingerprint density at radius 1 is 1.18 bits per heavy atom. The molecule has 0 saturated carbocycles. The van der Waals surface area contributed by atoms with Crippen molar-refractivity contribution in [2.24, 2.45) is 0 Å². The number of fused-ring (bicyclic) bond motifs is 1. The first-order valence-electron chi connectivity index (χ1n) is 12.8. The van der Waals surface area contributed by atoms with Crippen LogP contribution < -0.4 is 10.1 Å². The molecule has 1 aliphatic heterocycles. The highest BCUT2D eigenvalue weighted by Gasteiger charge is 2.20. The second-order valence-electron chi connectivity index (χ2n) is 9.45. The van der Waals surface area contributed by atoms with Gasteiger partial charge in [0.2, 0.25) is 0 Å². The van der Waals surface area contributed by atoms with Gasteiger partial charge < -0.3 is 29.2 Å². The van der Waals surface area contributed by atoms with Crippen LogP contribution in [0, 0.1) is 11.3 Å². The number of carbonyl (C=O) groups is 1. The van der Waals surface area contributed by atoms with Crippen LogP contribution in [0.3, 0.4) is 0 Å². The lowest BCUT2D eigenvalue weighted by Gasteiger charge is -2.24. The lowest BCUT2D eigenvalue weighted by Crippen LogP contribution is -2.29. The van der Waals surface area contributed by atoms with Gasteiger partial charge in [-0.3, -0.25) is 9.78 Å². The summed E-state index contributed by atoms with van der Waals surface area (Å²) in [6, 6.07) is 17.2. The first-order chi connectivity index (χ1) is 19.0. The maximum absolute atomic E-state index is 12.7. The van der Waals surface area contributed by atoms with E-state index < -0.39 is 0 Å². The predicted molar refractivity (Wildman–Crippen MR) is 148 cm³/mol. The number of pyridine rings is 1. The number of hydrogen-bond acceptors (Lipinski definition) is 8. The molecule has 0 atom stereocenters. The molecule has 3 heterocycles. The number of nitrogens with zero attached hydrogens (tertiary/aromatic N) is 3. The molecule has 0 radical (unpaired) electrons. The van der Waals surface area contributed by atoms with Gasteiger partial charge in [0.05, 0.1) is 30.5 Å². The van der Waals surface area contributed by atoms with Gasteiger partial charge in [-0.25, -0.2) is 0 Å². The van der Waals surface area contributed by atoms with Crippen LogP contribution in [-0.4, -0.2) is 67.5 Å². The van der Waals surface area contributed by atoms with E-state index >= 15 is 0 Å². The number of anilines is 1. The van der Waals surface area contributed by atoms with Crippen molar-refractivity contribution in [1.82, 2.24) is 9.88 Å². The number of aliphatic hydroxyl groups is 1. The van der Waals surface area contributed by atoms with Gasteiger partial charge in [-0.1, -0.05) is 6.07 Å². The highest BCUT2D eigenvalue weighted by Crippen LogP contribution is 2.38. The summed E-state index contributed by atoms with van der Waals surface area (Å²) < 4.78 is 17.3. The van der Waals surface area contributed by atoms with Crippen LogP contribution in [0.4, 0.5) is 5.69 Å². The van der Waals surface area contributed by atoms with Crippen molar-refractivity contribution in [2.45, 2.75) is 18.9 Å². The van der Waals surface area contributed by atoms with Crippen molar-refractivity contribution in [3.05, 3.63) is 65.9 Å². The van der Waals surface area contributed by atoms with Gasteiger partial charge in [-0.05, 0) is 54.8 Å². The van der Waals surface area contributed by atoms with Gasteiger partial charge in [0, 0.05) is 56.2 Å². The number of hydrogen-bond donors (Lipinski definition) is 2. The van der Waals surface area contributed by atoms with Crippen molar-refractivity contribution >= 4 is 22.7 Å². The van der Waals surface area contributed by atoms with E-state index in [0.717, 1.165) is 42.9 Å². The van der Waals surface area contributed by atoms with E-state index in [0.29, 0.717) is 39.3 Å². The topological polar surface area (TPSA) is 121 Å². The molecule has 9 nitrogen and oxygen atoms in total. The number of amides is 1. The molecule has 0 spiro atoms. The standard InChI is InChI=1S/C30H30N4O5/c1-34(11-12-35)30(36)20-3-5-24(27(16-20)37-2)28-17-26-29(39-28)23(7-10-32-26)19-4-6-25(21(15-19)18-31)33-22-8-13-38-14-9-22/h3-7,10,15-17,22,33,35H,8-9,11-14H2,1-2H3. The number of ether oxygens (including phenoxy) is 2. The Labute approximate surface area is 226 Å². The minimum Gasteiger partial charge on any atom is -0.496 e. The van der Waals surface area contributed by atoms with Crippen LogP contribution in [0.25, 0.3) is 33.6 Å². The summed E-state index contributed by atoms with van der Waals surface area (Å²) in [4.78, 5) is 18.6. The van der Waals surface area contributed by atoms with E-state index in [2.05, 4.69) is 16.4 Å². The Balaban J connectivity index is 1.48. The number of aliphatic hydroxyl groups excluding tert-OH is 1. The highest BCUT2D eigenvalue weighted by molar-refractivity contribution is 5.96. The number of likely N-dealkylation sites (N-methyl/N-ethyl adjacent to an activating group) is 1. The van der Waals surface area contributed by atoms with Gasteiger partial charge in [-0.15, -0.1) is 0 Å². The third-order valence-corrected chi connectivity index (χ3v) is 6.94. The van der Waals surface area contributed by atoms with Crippen LogP contribution in [0.5, 0.6) is 5.75 Å². The predicted octanol–water partition coefficient (Wildman–Crippen LogP) is 4.70. The molecule has 200 valence electrons. The fourth-order valence-electron chi connectivity index (χ4n) is 4.79. The second-order valence-corrected chi connectivity index (χ2v) is 9.45. The van der Waals surface area contributed by atoms with E-state index in [1.54, 1.807) is 31.4 Å². The molecule has 2 aromatic heterocycles. The van der Waals surface area contributed by atoms with Crippen LogP contribution >= 0.6 is 0 Å². The van der Waals surface area contributed by atoms with Gasteiger partial charge >= 0.3 is 0 Å². The molecule has 9 heteroatoms. The Bertz CT molecular complexity index is 1530. The molecular formula is C30H30N4O5. The zero-order valence-corrected chi connectivity index (χ0v) is 21.9. The average molecular weight is 527 g/mol. The zero-order valence-electron chi connectivity index (χ0n) is 21.9. The van der Waals surface area contributed by atoms with E-state index in [4.69, 9.17) is 19.0 Å². The Hall–Kier alpha value is -4.39. The van der Waals surface area contributed by atoms with E-state index in [9.17, 15) is 10.1 Å². The molecule has 4 aromatic rings. The summed E-state index contributed by atoms with van der Waals surface area (Å²) in [5.74, 6) is 0.808. The largest absolute Gasteiger partial charge is 0.496 e. The molecule has 5 rings (SSSR count). The lowest BCUT2D eigenvalue weighted by molar-refractivity contribution is 0.0766. The summed E-state index contributed by atoms with van der Waals surface area (Å²) in [5, 5.41) is 22.5. The van der Waals surface area contributed by atoms with Gasteiger partial charge in [0.1, 0.15) is 23.1 Å². The fourth-order valence-corrected chi connectivity index (χ4v) is 4.79. The van der Waals surface area contributed by atoms with Gasteiger partial charge in [0.15, 0.2) is 5.58 Å². The lowest BCUT2D eigenvalue weighted by atomic mass is 10.0. The van der Waals surface area contributed by atoms with Crippen LogP contribution in [0.1, 0.15) is 28.8 Å². The summed E-state index contributed by atoms with van der Waals surface area (Å²) >= 11 is 0. The van der Waals surface area contributed by atoms with Crippen LogP contribution in [-0.2, 0) is 4.74 Å². The third kappa shape index (κ3) is 5.43. The molecule has 1 aliphatic rings. The molecule has 1 amide bonds. The van der Waals surface area contributed by atoms with Crippen molar-refractivity contribution < 1.29 is 23.8 Å². The first kappa shape index (κ1) is 26.2. The molecule has 1 saturated heterocycles. The monoisotopic (exact) mass is 526 g/mol. The van der Waals surface area contributed by atoms with Gasteiger partial charge in [-0.2, -0.15) is 5.26 Å². The van der Waals surface area contributed by atoms with Crippen LogP contribution in [0.15, 0.2) is 59.1 Å². The molecule has 0 aliphatic carbocycles. The number of methoxy groups -OCH3 is 1. The molecule has 2 aromatic carbocycles. The van der Waals surface area contributed by atoms with E-state index in [1.807, 2.05) is 30.3 Å². The van der Waals surface area contributed by atoms with Crippen LogP contribution in [0.2, 0.25) is 0 Å². The molecular weight excluding hydrogens is 496 g/mol. The zero-order chi connectivity index (χ0) is 27.4. The maximum Gasteiger partial charge on any atom is 0.253 e. The molecule has 1 fully saturated rings. The summed E-state index contributed by atoms with van der Waals surface area (Å²) in [5.41, 5.74) is 5.40. The summed E-state index contributed by atoms with van der Waals surface area (Å²) in [6.07, 6.45) is 3.53. The summed E-state index contributed by atoms with van der Waals surface area (Å²) in [7, 11) is 3.17. The van der Waals surface area contributed by atoms with E-state index in [1.165, 1.54) is 12.0 Å². The third-order valence-electron chi connectivity index (χ3n) is 6.94. The number of aromatic nitrogens is 1. The van der Waals surface area contributed by atoms with Crippen molar-refractivity contribution in [3.63, 3.8) is 0 Å². The number of benzene rings is 2. The summed E-state index contributed by atoms with van der Waals surface area (Å²) in [6.45, 7) is 1.56. The highest BCUT2D eigenvalue weighted by atomic mass is 16.5. The second kappa shape index (κ2) is 11.6. The molecule has 39 heavy (non-hydrogen) atoms. The number of furan rings is 1. The van der Waals surface area contributed by atoms with Gasteiger partial charge in [0.25, 0.3) is 5.91 Å². The Morgan fingerprint density at radius 3 is 2.74 bits per heavy atom. The normalized spacial score (nSPS) is 13.7. The van der Waals surface area contributed by atoms with Crippen molar-refractivity contribution in [3.8, 4) is 34.3 Å². The molecule has 2 N–H and O–H groups in total. The minimum atomic E-state index is -0.217. The number of nitrogens with one attached hydrogen (secondary N) is 1. The molecule has 0 bridgehead atoms. The Morgan fingerprint density at radius 2 is 2.00 bits per heavy atom. The smallest absolute Gasteiger partial charge is 0.253 e. The Kier molecular flexibility index (Phi) is 7.77. The maximum atomic E-state index is 12.7. The minimum absolute atomic E-state index is 0.114. The quantitative estimate of drug-likeness (QED) is 0.339. The van der Waals surface area contributed by atoms with Crippen molar-refractivity contribution in [2.75, 3.05) is 45.8 Å². The average Bonchev–Trinajstić information content (AvgIpc) is 3.42. The molecule has 0 unspecified atom stereocenters. The SMILES string of the molecule is COc1cc(C(=O)N(C)CCO)ccc1-c1cc2nccc(-c3ccc(NC4CCOCC4)c(C#N)c3)c2o1. The number of nitriles is 1. The first-order valence-corrected chi connectivity index (χ1v) is 12.8. The van der Waals surface area contributed by atoms with Crippen molar-refractivity contribution in [1.29, 1.82) is 5.26 Å². The fraction of sp³-hybridized carbons (Fsp3) is 0.300. The number of carbonyl (C=O) groups excluding carboxylic acids is 1. The van der Waals surface area contributed by atoms with E-state index in [-0.39, 0.29) is 25.1 Å². The number of rotatable bonds is 8.